The molecule has 6 nitrogen and oxygen atoms in total. The number of aromatic nitrogens is 2. The van der Waals surface area contributed by atoms with Crippen molar-refractivity contribution in [2.75, 3.05) is 12.4 Å². The molecule has 0 atom stereocenters. The minimum atomic E-state index is -2.65. The quantitative estimate of drug-likeness (QED) is 0.494. The fourth-order valence-corrected chi connectivity index (χ4v) is 3.31. The smallest absolute Gasteiger partial charge is 0.337 e. The van der Waals surface area contributed by atoms with Crippen LogP contribution in [0.3, 0.4) is 0 Å². The van der Waals surface area contributed by atoms with Gasteiger partial charge in [-0.15, -0.1) is 0 Å². The van der Waals surface area contributed by atoms with E-state index in [2.05, 4.69) is 15.0 Å². The van der Waals surface area contributed by atoms with Gasteiger partial charge < -0.3 is 14.6 Å². The zero-order chi connectivity index (χ0) is 20.3. The molecule has 3 aromatic rings. The van der Waals surface area contributed by atoms with E-state index in [0.29, 0.717) is 22.3 Å². The Morgan fingerprint density at radius 1 is 1.25 bits per heavy atom. The summed E-state index contributed by atoms with van der Waals surface area (Å²) in [6, 6.07) is 11.7. The standard InChI is InChI=1S/C19H17F2N3O3S/c1-11-7-8-12(17(26)27-2)9-14(11)22-16(25)10-24-15-6-4-3-5-13(15)23-19(24)28-18(20)21/h3-9,18H,10H2,1-2H3,(H,22,25). The fourth-order valence-electron chi connectivity index (χ4n) is 2.71. The number of carbonyl (C=O) groups excluding carboxylic acids is 2. The number of fused-ring (bicyclic) bond motifs is 1. The maximum atomic E-state index is 12.9. The van der Waals surface area contributed by atoms with E-state index in [4.69, 9.17) is 0 Å². The number of methoxy groups -OCH3 is 1. The van der Waals surface area contributed by atoms with Crippen LogP contribution in [0.1, 0.15) is 15.9 Å². The lowest BCUT2D eigenvalue weighted by atomic mass is 10.1. The Bertz CT molecular complexity index is 1040. The number of anilines is 1. The molecule has 0 aliphatic rings. The van der Waals surface area contributed by atoms with Crippen molar-refractivity contribution in [3.8, 4) is 0 Å². The van der Waals surface area contributed by atoms with Gasteiger partial charge in [-0.1, -0.05) is 18.2 Å². The molecule has 1 aromatic heterocycles. The van der Waals surface area contributed by atoms with Gasteiger partial charge in [0, 0.05) is 5.69 Å². The number of ether oxygens (including phenoxy) is 1. The van der Waals surface area contributed by atoms with E-state index < -0.39 is 17.6 Å². The maximum Gasteiger partial charge on any atom is 0.337 e. The second kappa shape index (κ2) is 8.39. The van der Waals surface area contributed by atoms with Crippen LogP contribution in [0, 0.1) is 6.92 Å². The summed E-state index contributed by atoms with van der Waals surface area (Å²) in [6.07, 6.45) is 0. The van der Waals surface area contributed by atoms with Crippen LogP contribution in [0.25, 0.3) is 11.0 Å². The van der Waals surface area contributed by atoms with E-state index >= 15 is 0 Å². The number of carbonyl (C=O) groups is 2. The topological polar surface area (TPSA) is 73.2 Å². The van der Waals surface area contributed by atoms with Gasteiger partial charge >= 0.3 is 5.97 Å². The van der Waals surface area contributed by atoms with Crippen molar-refractivity contribution in [1.29, 1.82) is 0 Å². The summed E-state index contributed by atoms with van der Waals surface area (Å²) in [7, 11) is 1.27. The minimum absolute atomic E-state index is 0.0615. The van der Waals surface area contributed by atoms with Crippen molar-refractivity contribution in [3.05, 3.63) is 53.6 Å². The third-order valence-corrected chi connectivity index (χ3v) is 4.75. The lowest BCUT2D eigenvalue weighted by Crippen LogP contribution is -2.20. The van der Waals surface area contributed by atoms with Crippen LogP contribution in [0.15, 0.2) is 47.6 Å². The molecule has 0 spiro atoms. The molecule has 0 aliphatic carbocycles. The molecule has 1 amide bonds. The fraction of sp³-hybridized carbons (Fsp3) is 0.211. The molecule has 2 aromatic carbocycles. The van der Waals surface area contributed by atoms with Crippen LogP contribution < -0.4 is 5.32 Å². The highest BCUT2D eigenvalue weighted by molar-refractivity contribution is 7.99. The van der Waals surface area contributed by atoms with Crippen molar-refractivity contribution in [2.45, 2.75) is 24.4 Å². The molecular weight excluding hydrogens is 388 g/mol. The first kappa shape index (κ1) is 19.8. The SMILES string of the molecule is COC(=O)c1ccc(C)c(NC(=O)Cn2c(SC(F)F)nc3ccccc32)c1. The number of esters is 1. The van der Waals surface area contributed by atoms with Crippen molar-refractivity contribution in [2.24, 2.45) is 0 Å². The number of imidazole rings is 1. The number of alkyl halides is 2. The molecular formula is C19H17F2N3O3S. The van der Waals surface area contributed by atoms with Crippen molar-refractivity contribution in [3.63, 3.8) is 0 Å². The lowest BCUT2D eigenvalue weighted by molar-refractivity contribution is -0.116. The van der Waals surface area contributed by atoms with Crippen LogP contribution in [0.2, 0.25) is 0 Å². The number of nitrogens with one attached hydrogen (secondary N) is 1. The summed E-state index contributed by atoms with van der Waals surface area (Å²) in [6.45, 7) is 1.58. The van der Waals surface area contributed by atoms with Crippen LogP contribution >= 0.6 is 11.8 Å². The average Bonchev–Trinajstić information content (AvgIpc) is 2.99. The molecule has 9 heteroatoms. The molecule has 0 fully saturated rings. The first-order valence-corrected chi connectivity index (χ1v) is 9.16. The van der Waals surface area contributed by atoms with Crippen molar-refractivity contribution in [1.82, 2.24) is 9.55 Å². The third kappa shape index (κ3) is 4.30. The van der Waals surface area contributed by atoms with E-state index in [1.54, 1.807) is 43.3 Å². The van der Waals surface area contributed by atoms with Gasteiger partial charge in [0.2, 0.25) is 5.91 Å². The number of rotatable bonds is 6. The lowest BCUT2D eigenvalue weighted by Gasteiger charge is -2.12. The summed E-state index contributed by atoms with van der Waals surface area (Å²) in [5, 5.41) is 2.78. The maximum absolute atomic E-state index is 12.9. The summed E-state index contributed by atoms with van der Waals surface area (Å²) in [5.41, 5.74) is 2.60. The number of benzene rings is 2. The number of nitrogens with zero attached hydrogens (tertiary/aromatic N) is 2. The van der Waals surface area contributed by atoms with Crippen LogP contribution in [-0.2, 0) is 16.1 Å². The molecule has 146 valence electrons. The molecule has 1 N–H and O–H groups in total. The van der Waals surface area contributed by atoms with Gasteiger partial charge in [-0.3, -0.25) is 4.79 Å². The molecule has 0 saturated carbocycles. The Balaban J connectivity index is 1.87. The Morgan fingerprint density at radius 2 is 2.00 bits per heavy atom. The number of amides is 1. The first-order chi connectivity index (χ1) is 13.4. The zero-order valence-corrected chi connectivity index (χ0v) is 15.9. The highest BCUT2D eigenvalue weighted by Crippen LogP contribution is 2.28. The summed E-state index contributed by atoms with van der Waals surface area (Å²) < 4.78 is 31.9. The van der Waals surface area contributed by atoms with Crippen molar-refractivity contribution < 1.29 is 23.1 Å². The summed E-state index contributed by atoms with van der Waals surface area (Å²) in [5.74, 6) is -3.60. The van der Waals surface area contributed by atoms with Crippen molar-refractivity contribution >= 4 is 40.4 Å². The number of para-hydroxylation sites is 2. The average molecular weight is 405 g/mol. The Labute approximate surface area is 163 Å². The van der Waals surface area contributed by atoms with Crippen LogP contribution in [-0.4, -0.2) is 34.3 Å². The summed E-state index contributed by atoms with van der Waals surface area (Å²) >= 11 is 0.289. The van der Waals surface area contributed by atoms with E-state index in [0.717, 1.165) is 5.56 Å². The molecule has 28 heavy (non-hydrogen) atoms. The van der Waals surface area contributed by atoms with E-state index in [1.807, 2.05) is 0 Å². The first-order valence-electron chi connectivity index (χ1n) is 8.28. The second-order valence-electron chi connectivity index (χ2n) is 5.92. The second-order valence-corrected chi connectivity index (χ2v) is 6.87. The molecule has 0 bridgehead atoms. The summed E-state index contributed by atoms with van der Waals surface area (Å²) in [4.78, 5) is 28.5. The van der Waals surface area contributed by atoms with Gasteiger partial charge in [-0.05, 0) is 48.5 Å². The number of hydrogen-bond donors (Lipinski definition) is 1. The van der Waals surface area contributed by atoms with Crippen LogP contribution in [0.5, 0.6) is 0 Å². The third-order valence-electron chi connectivity index (χ3n) is 4.05. The Morgan fingerprint density at radius 3 is 2.71 bits per heavy atom. The molecule has 0 unspecified atom stereocenters. The predicted molar refractivity (Wildman–Crippen MR) is 103 cm³/mol. The number of thioether (sulfide) groups is 1. The van der Waals surface area contributed by atoms with E-state index in [-0.39, 0.29) is 23.5 Å². The van der Waals surface area contributed by atoms with Gasteiger partial charge in [0.05, 0.1) is 23.7 Å². The number of hydrogen-bond acceptors (Lipinski definition) is 5. The zero-order valence-electron chi connectivity index (χ0n) is 15.1. The largest absolute Gasteiger partial charge is 0.465 e. The molecule has 3 rings (SSSR count). The van der Waals surface area contributed by atoms with E-state index in [9.17, 15) is 18.4 Å². The molecule has 1 heterocycles. The minimum Gasteiger partial charge on any atom is -0.465 e. The Hall–Kier alpha value is -2.94. The number of aryl methyl sites for hydroxylation is 1. The number of halogens is 2. The molecule has 0 radical (unpaired) electrons. The van der Waals surface area contributed by atoms with Gasteiger partial charge in [-0.2, -0.15) is 8.78 Å². The monoisotopic (exact) mass is 405 g/mol. The van der Waals surface area contributed by atoms with Crippen LogP contribution in [0.4, 0.5) is 14.5 Å². The highest BCUT2D eigenvalue weighted by atomic mass is 32.2. The van der Waals surface area contributed by atoms with Gasteiger partial charge in [0.25, 0.3) is 5.76 Å². The van der Waals surface area contributed by atoms with E-state index in [1.165, 1.54) is 17.7 Å². The van der Waals surface area contributed by atoms with Gasteiger partial charge in [0.15, 0.2) is 5.16 Å². The van der Waals surface area contributed by atoms with Gasteiger partial charge in [-0.25, -0.2) is 9.78 Å². The highest BCUT2D eigenvalue weighted by Gasteiger charge is 2.18. The normalized spacial score (nSPS) is 11.0. The molecule has 0 aliphatic heterocycles. The van der Waals surface area contributed by atoms with Gasteiger partial charge in [0.1, 0.15) is 6.54 Å². The molecule has 0 saturated heterocycles. The Kier molecular flexibility index (Phi) is 5.93. The predicted octanol–water partition coefficient (Wildman–Crippen LogP) is 4.08.